The van der Waals surface area contributed by atoms with Gasteiger partial charge in [0, 0.05) is 51.2 Å². The van der Waals surface area contributed by atoms with Gasteiger partial charge in [-0.05, 0) is 19.4 Å². The van der Waals surface area contributed by atoms with E-state index in [-0.39, 0.29) is 0 Å². The highest BCUT2D eigenvalue weighted by Crippen LogP contribution is 2.19. The molecule has 1 saturated heterocycles. The molecule has 1 aliphatic rings. The van der Waals surface area contributed by atoms with Crippen molar-refractivity contribution in [3.63, 3.8) is 0 Å². The van der Waals surface area contributed by atoms with Crippen LogP contribution in [0.1, 0.15) is 19.2 Å². The summed E-state index contributed by atoms with van der Waals surface area (Å²) in [6, 6.07) is 3.88. The smallest absolute Gasteiger partial charge is 0.225 e. The highest BCUT2D eigenvalue weighted by Gasteiger charge is 2.20. The molecule has 1 fully saturated rings. The van der Waals surface area contributed by atoms with Crippen molar-refractivity contribution in [2.24, 2.45) is 0 Å². The third kappa shape index (κ3) is 3.85. The van der Waals surface area contributed by atoms with Crippen LogP contribution in [0.5, 0.6) is 0 Å². The monoisotopic (exact) mass is 313 g/mol. The van der Waals surface area contributed by atoms with Crippen molar-refractivity contribution < 1.29 is 0 Å². The van der Waals surface area contributed by atoms with Gasteiger partial charge in [-0.25, -0.2) is 19.9 Å². The standard InChI is InChI=1S/C16H23N7/c1-3-5-17-14-12-15(21-13(2)20-14)22-8-10-23(11-9-22)16-18-6-4-7-19-16/h4,6-7,12H,3,5,8-11H2,1-2H3,(H,17,20,21). The number of rotatable bonds is 5. The van der Waals surface area contributed by atoms with Crippen molar-refractivity contribution in [2.45, 2.75) is 20.3 Å². The molecule has 2 aromatic rings. The molecular formula is C16H23N7. The summed E-state index contributed by atoms with van der Waals surface area (Å²) in [5.74, 6) is 3.50. The van der Waals surface area contributed by atoms with Crippen LogP contribution in [0.15, 0.2) is 24.5 Å². The quantitative estimate of drug-likeness (QED) is 0.901. The van der Waals surface area contributed by atoms with Crippen molar-refractivity contribution in [1.29, 1.82) is 0 Å². The van der Waals surface area contributed by atoms with E-state index in [4.69, 9.17) is 0 Å². The minimum absolute atomic E-state index is 0.801. The number of nitrogens with one attached hydrogen (secondary N) is 1. The van der Waals surface area contributed by atoms with E-state index in [1.54, 1.807) is 12.4 Å². The predicted molar refractivity (Wildman–Crippen MR) is 92.0 cm³/mol. The lowest BCUT2D eigenvalue weighted by atomic mass is 10.3. The minimum atomic E-state index is 0.801. The zero-order valence-electron chi connectivity index (χ0n) is 13.7. The number of hydrogen-bond donors (Lipinski definition) is 1. The molecule has 23 heavy (non-hydrogen) atoms. The van der Waals surface area contributed by atoms with Crippen LogP contribution in [0.4, 0.5) is 17.6 Å². The Labute approximate surface area is 136 Å². The van der Waals surface area contributed by atoms with Gasteiger partial charge in [0.1, 0.15) is 17.5 Å². The topological polar surface area (TPSA) is 70.1 Å². The number of hydrogen-bond acceptors (Lipinski definition) is 7. The van der Waals surface area contributed by atoms with Gasteiger partial charge in [0.2, 0.25) is 5.95 Å². The summed E-state index contributed by atoms with van der Waals surface area (Å²) in [6.07, 6.45) is 4.65. The van der Waals surface area contributed by atoms with Crippen molar-refractivity contribution in [3.8, 4) is 0 Å². The molecule has 0 radical (unpaired) electrons. The molecule has 3 rings (SSSR count). The van der Waals surface area contributed by atoms with Gasteiger partial charge in [-0.15, -0.1) is 0 Å². The third-order valence-electron chi connectivity index (χ3n) is 3.82. The van der Waals surface area contributed by atoms with Crippen LogP contribution in [0.2, 0.25) is 0 Å². The van der Waals surface area contributed by atoms with Crippen LogP contribution in [-0.2, 0) is 0 Å². The Balaban J connectivity index is 1.66. The summed E-state index contributed by atoms with van der Waals surface area (Å²) >= 11 is 0. The fourth-order valence-electron chi connectivity index (χ4n) is 2.65. The lowest BCUT2D eigenvalue weighted by molar-refractivity contribution is 0.633. The largest absolute Gasteiger partial charge is 0.370 e. The van der Waals surface area contributed by atoms with Gasteiger partial charge in [-0.3, -0.25) is 0 Å². The number of aryl methyl sites for hydroxylation is 1. The van der Waals surface area contributed by atoms with E-state index in [2.05, 4.69) is 42.0 Å². The second-order valence-corrected chi connectivity index (χ2v) is 5.61. The van der Waals surface area contributed by atoms with Crippen molar-refractivity contribution >= 4 is 17.6 Å². The molecule has 0 aromatic carbocycles. The Morgan fingerprint density at radius 2 is 1.74 bits per heavy atom. The van der Waals surface area contributed by atoms with E-state index in [0.717, 1.165) is 62.6 Å². The van der Waals surface area contributed by atoms with Crippen molar-refractivity contribution in [1.82, 2.24) is 19.9 Å². The third-order valence-corrected chi connectivity index (χ3v) is 3.82. The molecule has 0 amide bonds. The SMILES string of the molecule is CCCNc1cc(N2CCN(c3ncccn3)CC2)nc(C)n1. The molecule has 0 spiro atoms. The molecule has 0 saturated carbocycles. The maximum atomic E-state index is 4.59. The van der Waals surface area contributed by atoms with E-state index >= 15 is 0 Å². The normalized spacial score (nSPS) is 14.9. The lowest BCUT2D eigenvalue weighted by Gasteiger charge is -2.35. The molecule has 0 bridgehead atoms. The van der Waals surface area contributed by atoms with E-state index in [1.165, 1.54) is 0 Å². The molecule has 7 heteroatoms. The molecule has 7 nitrogen and oxygen atoms in total. The summed E-state index contributed by atoms with van der Waals surface area (Å²) in [5.41, 5.74) is 0. The average molecular weight is 313 g/mol. The van der Waals surface area contributed by atoms with Crippen LogP contribution in [0.25, 0.3) is 0 Å². The lowest BCUT2D eigenvalue weighted by Crippen LogP contribution is -2.47. The molecule has 2 aromatic heterocycles. The fraction of sp³-hybridized carbons (Fsp3) is 0.500. The molecule has 122 valence electrons. The maximum Gasteiger partial charge on any atom is 0.225 e. The molecular weight excluding hydrogens is 290 g/mol. The van der Waals surface area contributed by atoms with Crippen LogP contribution >= 0.6 is 0 Å². The first-order chi connectivity index (χ1) is 11.3. The van der Waals surface area contributed by atoms with Gasteiger partial charge in [0.25, 0.3) is 0 Å². The second kappa shape index (κ2) is 7.21. The first-order valence-electron chi connectivity index (χ1n) is 8.12. The Morgan fingerprint density at radius 3 is 2.43 bits per heavy atom. The first kappa shape index (κ1) is 15.5. The van der Waals surface area contributed by atoms with E-state index in [0.29, 0.717) is 0 Å². The van der Waals surface area contributed by atoms with Gasteiger partial charge in [-0.1, -0.05) is 6.92 Å². The maximum absolute atomic E-state index is 4.59. The number of aromatic nitrogens is 4. The zero-order chi connectivity index (χ0) is 16.1. The Morgan fingerprint density at radius 1 is 1.04 bits per heavy atom. The van der Waals surface area contributed by atoms with Crippen LogP contribution in [0, 0.1) is 6.92 Å². The fourth-order valence-corrected chi connectivity index (χ4v) is 2.65. The molecule has 0 unspecified atom stereocenters. The van der Waals surface area contributed by atoms with Gasteiger partial charge in [0.15, 0.2) is 0 Å². The number of nitrogens with zero attached hydrogens (tertiary/aromatic N) is 6. The van der Waals surface area contributed by atoms with Gasteiger partial charge in [-0.2, -0.15) is 0 Å². The molecule has 0 atom stereocenters. The molecule has 1 N–H and O–H groups in total. The van der Waals surface area contributed by atoms with Crippen molar-refractivity contribution in [3.05, 3.63) is 30.4 Å². The van der Waals surface area contributed by atoms with E-state index < -0.39 is 0 Å². The molecule has 1 aliphatic heterocycles. The highest BCUT2D eigenvalue weighted by atomic mass is 15.3. The first-order valence-corrected chi connectivity index (χ1v) is 8.12. The van der Waals surface area contributed by atoms with Crippen LogP contribution in [0.3, 0.4) is 0 Å². The van der Waals surface area contributed by atoms with Crippen LogP contribution in [-0.4, -0.2) is 52.7 Å². The van der Waals surface area contributed by atoms with Crippen molar-refractivity contribution in [2.75, 3.05) is 47.8 Å². The number of piperazine rings is 1. The summed E-state index contributed by atoms with van der Waals surface area (Å²) in [5, 5.41) is 3.34. The summed E-state index contributed by atoms with van der Waals surface area (Å²) < 4.78 is 0. The summed E-state index contributed by atoms with van der Waals surface area (Å²) in [6.45, 7) is 8.61. The number of anilines is 3. The molecule has 3 heterocycles. The second-order valence-electron chi connectivity index (χ2n) is 5.61. The summed E-state index contributed by atoms with van der Waals surface area (Å²) in [7, 11) is 0. The zero-order valence-corrected chi connectivity index (χ0v) is 13.7. The minimum Gasteiger partial charge on any atom is -0.370 e. The Hall–Kier alpha value is -2.44. The Bertz CT molecular complexity index is 624. The Kier molecular flexibility index (Phi) is 4.85. The van der Waals surface area contributed by atoms with Crippen LogP contribution < -0.4 is 15.1 Å². The van der Waals surface area contributed by atoms with E-state index in [9.17, 15) is 0 Å². The van der Waals surface area contributed by atoms with E-state index in [1.807, 2.05) is 19.1 Å². The highest BCUT2D eigenvalue weighted by molar-refractivity contribution is 5.50. The molecule has 0 aliphatic carbocycles. The predicted octanol–water partition coefficient (Wildman–Crippen LogP) is 1.72. The van der Waals surface area contributed by atoms with Gasteiger partial charge >= 0.3 is 0 Å². The average Bonchev–Trinajstić information content (AvgIpc) is 2.60. The summed E-state index contributed by atoms with van der Waals surface area (Å²) in [4.78, 5) is 22.2. The van der Waals surface area contributed by atoms with Gasteiger partial charge in [0.05, 0.1) is 0 Å². The van der Waals surface area contributed by atoms with Gasteiger partial charge < -0.3 is 15.1 Å².